The first-order chi connectivity index (χ1) is 12.2. The molecule has 134 valence electrons. The first kappa shape index (κ1) is 18.0. The molecule has 3 unspecified atom stereocenters. The van der Waals surface area contributed by atoms with Gasteiger partial charge in [-0.1, -0.05) is 56.3 Å². The fraction of sp³-hybridized carbons (Fsp3) is 0.478. The number of benzene rings is 2. The lowest BCUT2D eigenvalue weighted by atomic mass is 9.97. The maximum Gasteiger partial charge on any atom is 0.200 e. The van der Waals surface area contributed by atoms with Gasteiger partial charge in [0.15, 0.2) is 6.29 Å². The number of hydrogen-bond acceptors (Lipinski definition) is 2. The minimum Gasteiger partial charge on any atom is -0.465 e. The minimum atomic E-state index is -0.129. The van der Waals surface area contributed by atoms with Crippen molar-refractivity contribution in [1.29, 1.82) is 0 Å². The molecule has 1 saturated heterocycles. The Bertz CT molecular complexity index is 665. The molecule has 3 rings (SSSR count). The maximum absolute atomic E-state index is 6.23. The Hall–Kier alpha value is -1.80. The highest BCUT2D eigenvalue weighted by Gasteiger charge is 2.24. The van der Waals surface area contributed by atoms with E-state index in [1.807, 2.05) is 0 Å². The molecule has 0 saturated carbocycles. The Morgan fingerprint density at radius 2 is 1.92 bits per heavy atom. The highest BCUT2D eigenvalue weighted by Crippen LogP contribution is 2.29. The molecule has 0 spiro atoms. The maximum atomic E-state index is 6.23. The van der Waals surface area contributed by atoms with Crippen LogP contribution in [0.15, 0.2) is 48.5 Å². The molecule has 1 aliphatic heterocycles. The topological polar surface area (TPSA) is 18.5 Å². The molecule has 1 aliphatic rings. The molecule has 0 radical (unpaired) electrons. The monoisotopic (exact) mass is 338 g/mol. The average Bonchev–Trinajstić information content (AvgIpc) is 2.64. The van der Waals surface area contributed by atoms with Crippen molar-refractivity contribution in [3.05, 3.63) is 65.2 Å². The molecule has 1 heterocycles. The second-order valence-corrected chi connectivity index (χ2v) is 7.26. The molecule has 0 bridgehead atoms. The third-order valence-corrected chi connectivity index (χ3v) is 5.26. The summed E-state index contributed by atoms with van der Waals surface area (Å²) in [5.41, 5.74) is 3.92. The number of aryl methyl sites for hydroxylation is 1. The van der Waals surface area contributed by atoms with Crippen molar-refractivity contribution >= 4 is 0 Å². The van der Waals surface area contributed by atoms with Gasteiger partial charge in [0.25, 0.3) is 0 Å². The summed E-state index contributed by atoms with van der Waals surface area (Å²) in [7, 11) is 0. The first-order valence-electron chi connectivity index (χ1n) is 9.62. The van der Waals surface area contributed by atoms with Crippen LogP contribution in [0.4, 0.5) is 0 Å². The fourth-order valence-corrected chi connectivity index (χ4v) is 3.47. The van der Waals surface area contributed by atoms with Crippen LogP contribution in [0.5, 0.6) is 5.75 Å². The molecule has 2 aromatic rings. The molecule has 3 atom stereocenters. The fourth-order valence-electron chi connectivity index (χ4n) is 3.47. The van der Waals surface area contributed by atoms with Gasteiger partial charge in [0.2, 0.25) is 0 Å². The van der Waals surface area contributed by atoms with Gasteiger partial charge >= 0.3 is 0 Å². The molecule has 0 N–H and O–H groups in total. The SMILES string of the molecule is CCC(C)c1ccc(OC2CCCC(Cc3ccccc3)O2)c(C)c1. The Morgan fingerprint density at radius 3 is 2.64 bits per heavy atom. The van der Waals surface area contributed by atoms with Crippen LogP contribution >= 0.6 is 0 Å². The molecule has 0 amide bonds. The zero-order chi connectivity index (χ0) is 17.6. The van der Waals surface area contributed by atoms with Crippen LogP contribution in [0.1, 0.15) is 62.1 Å². The Labute approximate surface area is 152 Å². The van der Waals surface area contributed by atoms with E-state index in [2.05, 4.69) is 69.3 Å². The third-order valence-electron chi connectivity index (χ3n) is 5.26. The van der Waals surface area contributed by atoms with Crippen molar-refractivity contribution in [2.45, 2.75) is 71.2 Å². The van der Waals surface area contributed by atoms with Gasteiger partial charge < -0.3 is 9.47 Å². The number of rotatable bonds is 6. The molecule has 0 aliphatic carbocycles. The zero-order valence-corrected chi connectivity index (χ0v) is 15.7. The van der Waals surface area contributed by atoms with Gasteiger partial charge in [0.1, 0.15) is 5.75 Å². The standard InChI is InChI=1S/C23H30O2/c1-4-17(2)20-13-14-22(18(3)15-20)25-23-12-8-11-21(24-23)16-19-9-6-5-7-10-19/h5-7,9-10,13-15,17,21,23H,4,8,11-12,16H2,1-3H3. The summed E-state index contributed by atoms with van der Waals surface area (Å²) in [5.74, 6) is 1.55. The van der Waals surface area contributed by atoms with Crippen molar-refractivity contribution < 1.29 is 9.47 Å². The average molecular weight is 338 g/mol. The van der Waals surface area contributed by atoms with E-state index in [1.165, 1.54) is 16.7 Å². The summed E-state index contributed by atoms with van der Waals surface area (Å²) < 4.78 is 12.4. The van der Waals surface area contributed by atoms with E-state index in [1.54, 1.807) is 0 Å². The highest BCUT2D eigenvalue weighted by atomic mass is 16.7. The molecule has 25 heavy (non-hydrogen) atoms. The van der Waals surface area contributed by atoms with E-state index in [4.69, 9.17) is 9.47 Å². The van der Waals surface area contributed by atoms with Crippen LogP contribution in [-0.2, 0) is 11.2 Å². The van der Waals surface area contributed by atoms with Gasteiger partial charge in [0.05, 0.1) is 6.10 Å². The highest BCUT2D eigenvalue weighted by molar-refractivity contribution is 5.37. The lowest BCUT2D eigenvalue weighted by Gasteiger charge is -2.31. The van der Waals surface area contributed by atoms with Crippen molar-refractivity contribution in [3.63, 3.8) is 0 Å². The lowest BCUT2D eigenvalue weighted by molar-refractivity contribution is -0.146. The molecular weight excluding hydrogens is 308 g/mol. The van der Waals surface area contributed by atoms with Gasteiger partial charge in [-0.15, -0.1) is 0 Å². The van der Waals surface area contributed by atoms with E-state index in [0.717, 1.165) is 37.9 Å². The Morgan fingerprint density at radius 1 is 1.12 bits per heavy atom. The summed E-state index contributed by atoms with van der Waals surface area (Å²) in [6.07, 6.45) is 5.49. The zero-order valence-electron chi connectivity index (χ0n) is 15.7. The normalized spacial score (nSPS) is 21.7. The van der Waals surface area contributed by atoms with Gasteiger partial charge in [-0.3, -0.25) is 0 Å². The van der Waals surface area contributed by atoms with Crippen molar-refractivity contribution in [2.24, 2.45) is 0 Å². The molecular formula is C23H30O2. The second-order valence-electron chi connectivity index (χ2n) is 7.26. The van der Waals surface area contributed by atoms with Crippen LogP contribution in [0, 0.1) is 6.92 Å². The number of ether oxygens (including phenoxy) is 2. The van der Waals surface area contributed by atoms with Crippen LogP contribution in [0.3, 0.4) is 0 Å². The summed E-state index contributed by atoms with van der Waals surface area (Å²) in [6, 6.07) is 17.2. The first-order valence-corrected chi connectivity index (χ1v) is 9.62. The van der Waals surface area contributed by atoms with Crippen molar-refractivity contribution in [2.75, 3.05) is 0 Å². The predicted octanol–water partition coefficient (Wildman–Crippen LogP) is 6.03. The summed E-state index contributed by atoms with van der Waals surface area (Å²) >= 11 is 0. The molecule has 1 fully saturated rings. The van der Waals surface area contributed by atoms with Crippen molar-refractivity contribution in [1.82, 2.24) is 0 Å². The second kappa shape index (κ2) is 8.53. The Balaban J connectivity index is 1.61. The van der Waals surface area contributed by atoms with Crippen LogP contribution in [0.25, 0.3) is 0 Å². The predicted molar refractivity (Wildman–Crippen MR) is 103 cm³/mol. The van der Waals surface area contributed by atoms with Crippen LogP contribution in [0.2, 0.25) is 0 Å². The molecule has 0 aromatic heterocycles. The summed E-state index contributed by atoms with van der Waals surface area (Å²) in [5, 5.41) is 0. The van der Waals surface area contributed by atoms with E-state index in [-0.39, 0.29) is 12.4 Å². The molecule has 2 aromatic carbocycles. The van der Waals surface area contributed by atoms with Crippen molar-refractivity contribution in [3.8, 4) is 5.75 Å². The van der Waals surface area contributed by atoms with E-state index >= 15 is 0 Å². The lowest BCUT2D eigenvalue weighted by Crippen LogP contribution is -2.33. The molecule has 2 heteroatoms. The number of hydrogen-bond donors (Lipinski definition) is 0. The minimum absolute atomic E-state index is 0.129. The Kier molecular flexibility index (Phi) is 6.14. The summed E-state index contributed by atoms with van der Waals surface area (Å²) in [4.78, 5) is 0. The van der Waals surface area contributed by atoms with Crippen LogP contribution in [-0.4, -0.2) is 12.4 Å². The van der Waals surface area contributed by atoms with Crippen LogP contribution < -0.4 is 4.74 Å². The van der Waals surface area contributed by atoms with E-state index in [9.17, 15) is 0 Å². The quantitative estimate of drug-likeness (QED) is 0.640. The molecule has 2 nitrogen and oxygen atoms in total. The third kappa shape index (κ3) is 4.85. The van der Waals surface area contributed by atoms with E-state index < -0.39 is 0 Å². The summed E-state index contributed by atoms with van der Waals surface area (Å²) in [6.45, 7) is 6.63. The largest absolute Gasteiger partial charge is 0.465 e. The van der Waals surface area contributed by atoms with Gasteiger partial charge in [-0.05, 0) is 61.3 Å². The smallest absolute Gasteiger partial charge is 0.200 e. The van der Waals surface area contributed by atoms with E-state index in [0.29, 0.717) is 5.92 Å². The van der Waals surface area contributed by atoms with Gasteiger partial charge in [-0.25, -0.2) is 0 Å². The van der Waals surface area contributed by atoms with Gasteiger partial charge in [0, 0.05) is 6.42 Å². The van der Waals surface area contributed by atoms with Gasteiger partial charge in [-0.2, -0.15) is 0 Å².